The van der Waals surface area contributed by atoms with E-state index in [0.29, 0.717) is 34.8 Å². The van der Waals surface area contributed by atoms with Gasteiger partial charge in [-0.15, -0.1) is 10.2 Å². The third kappa shape index (κ3) is 4.86. The summed E-state index contributed by atoms with van der Waals surface area (Å²) in [6.07, 6.45) is 2.14. The number of thioether (sulfide) groups is 1. The molecule has 0 radical (unpaired) electrons. The molecule has 2 amide bonds. The molecule has 1 atom stereocenters. The maximum absolute atomic E-state index is 12.8. The summed E-state index contributed by atoms with van der Waals surface area (Å²) in [6, 6.07) is 13.2. The molecule has 2 heterocycles. The second-order valence-electron chi connectivity index (χ2n) is 8.35. The molecule has 10 heteroatoms. The van der Waals surface area contributed by atoms with Gasteiger partial charge in [0.15, 0.2) is 16.7 Å². The normalized spacial score (nSPS) is 15.1. The van der Waals surface area contributed by atoms with E-state index in [9.17, 15) is 9.59 Å². The second kappa shape index (κ2) is 9.38. The predicted molar refractivity (Wildman–Crippen MR) is 127 cm³/mol. The Balaban J connectivity index is 1.30. The average molecular weight is 480 g/mol. The van der Waals surface area contributed by atoms with Gasteiger partial charge in [-0.25, -0.2) is 0 Å². The van der Waals surface area contributed by atoms with Crippen molar-refractivity contribution in [3.63, 3.8) is 0 Å². The SMILES string of the molecule is CC(=O)Nc1cccc(-n2c(SC(C)C(=O)NCc3ccc4c(c3)OCO4)nnc2C2CC2)c1. The van der Waals surface area contributed by atoms with E-state index in [0.717, 1.165) is 29.9 Å². The molecule has 2 aromatic carbocycles. The minimum Gasteiger partial charge on any atom is -0.454 e. The molecule has 3 aromatic rings. The highest BCUT2D eigenvalue weighted by atomic mass is 32.2. The lowest BCUT2D eigenvalue weighted by Gasteiger charge is -2.15. The van der Waals surface area contributed by atoms with Crippen LogP contribution in [0.4, 0.5) is 5.69 Å². The molecular weight excluding hydrogens is 454 g/mol. The number of carbonyl (C=O) groups is 2. The minimum atomic E-state index is -0.387. The van der Waals surface area contributed by atoms with Crippen LogP contribution in [0.3, 0.4) is 0 Å². The van der Waals surface area contributed by atoms with Crippen LogP contribution < -0.4 is 20.1 Å². The average Bonchev–Trinajstić information content (AvgIpc) is 3.41. The molecule has 2 aliphatic rings. The van der Waals surface area contributed by atoms with Gasteiger partial charge in [0.1, 0.15) is 5.82 Å². The van der Waals surface area contributed by atoms with Crippen molar-refractivity contribution in [3.8, 4) is 17.2 Å². The third-order valence-corrected chi connectivity index (χ3v) is 6.62. The molecule has 1 aliphatic carbocycles. The van der Waals surface area contributed by atoms with Crippen molar-refractivity contribution in [2.24, 2.45) is 0 Å². The van der Waals surface area contributed by atoms with Crippen LogP contribution in [-0.2, 0) is 16.1 Å². The zero-order valence-corrected chi connectivity index (χ0v) is 19.7. The lowest BCUT2D eigenvalue weighted by atomic mass is 10.2. The predicted octanol–water partition coefficient (Wildman–Crippen LogP) is 3.63. The number of aromatic nitrogens is 3. The zero-order chi connectivity index (χ0) is 23.7. The van der Waals surface area contributed by atoms with Crippen molar-refractivity contribution in [2.45, 2.75) is 49.6 Å². The van der Waals surface area contributed by atoms with Gasteiger partial charge < -0.3 is 20.1 Å². The van der Waals surface area contributed by atoms with Gasteiger partial charge in [0, 0.05) is 25.1 Å². The topological polar surface area (TPSA) is 107 Å². The molecule has 2 N–H and O–H groups in total. The quantitative estimate of drug-likeness (QED) is 0.475. The number of amides is 2. The van der Waals surface area contributed by atoms with E-state index in [-0.39, 0.29) is 23.9 Å². The molecule has 5 rings (SSSR count). The Hall–Kier alpha value is -3.53. The highest BCUT2D eigenvalue weighted by Crippen LogP contribution is 2.41. The molecule has 1 saturated carbocycles. The van der Waals surface area contributed by atoms with E-state index in [2.05, 4.69) is 20.8 Å². The number of hydrogen-bond donors (Lipinski definition) is 2. The first-order valence-corrected chi connectivity index (χ1v) is 12.0. The van der Waals surface area contributed by atoms with Crippen molar-refractivity contribution in [2.75, 3.05) is 12.1 Å². The Kier molecular flexibility index (Phi) is 6.14. The molecule has 1 unspecified atom stereocenters. The maximum atomic E-state index is 12.8. The molecule has 1 aliphatic heterocycles. The number of nitrogens with zero attached hydrogens (tertiary/aromatic N) is 3. The maximum Gasteiger partial charge on any atom is 0.233 e. The summed E-state index contributed by atoms with van der Waals surface area (Å²) in [5, 5.41) is 14.9. The van der Waals surface area contributed by atoms with E-state index >= 15 is 0 Å². The van der Waals surface area contributed by atoms with Gasteiger partial charge in [0.05, 0.1) is 10.9 Å². The fraction of sp³-hybridized carbons (Fsp3) is 0.333. The lowest BCUT2D eigenvalue weighted by molar-refractivity contribution is -0.120. The summed E-state index contributed by atoms with van der Waals surface area (Å²) < 4.78 is 12.7. The van der Waals surface area contributed by atoms with Crippen molar-refractivity contribution in [3.05, 3.63) is 53.9 Å². The molecule has 0 bridgehead atoms. The van der Waals surface area contributed by atoms with Gasteiger partial charge >= 0.3 is 0 Å². The van der Waals surface area contributed by atoms with Crippen LogP contribution in [0.25, 0.3) is 5.69 Å². The van der Waals surface area contributed by atoms with Gasteiger partial charge in [-0.2, -0.15) is 0 Å². The summed E-state index contributed by atoms with van der Waals surface area (Å²) >= 11 is 1.36. The summed E-state index contributed by atoms with van der Waals surface area (Å²) in [5.41, 5.74) is 2.49. The third-order valence-electron chi connectivity index (χ3n) is 5.58. The monoisotopic (exact) mass is 479 g/mol. The minimum absolute atomic E-state index is 0.0998. The number of rotatable bonds is 8. The molecule has 9 nitrogen and oxygen atoms in total. The largest absolute Gasteiger partial charge is 0.454 e. The summed E-state index contributed by atoms with van der Waals surface area (Å²) in [6.45, 7) is 3.94. The zero-order valence-electron chi connectivity index (χ0n) is 18.9. The Morgan fingerprint density at radius 2 is 1.97 bits per heavy atom. The number of fused-ring (bicyclic) bond motifs is 1. The van der Waals surface area contributed by atoms with Crippen LogP contribution in [0.15, 0.2) is 47.6 Å². The van der Waals surface area contributed by atoms with Crippen LogP contribution in [0.2, 0.25) is 0 Å². The van der Waals surface area contributed by atoms with Gasteiger partial charge in [0.2, 0.25) is 18.6 Å². The molecule has 0 saturated heterocycles. The lowest BCUT2D eigenvalue weighted by Crippen LogP contribution is -2.30. The van der Waals surface area contributed by atoms with Gasteiger partial charge in [-0.3, -0.25) is 14.2 Å². The Morgan fingerprint density at radius 1 is 1.15 bits per heavy atom. The number of hydrogen-bond acceptors (Lipinski definition) is 7. The van der Waals surface area contributed by atoms with Crippen molar-refractivity contribution in [1.29, 1.82) is 0 Å². The molecule has 176 valence electrons. The number of carbonyl (C=O) groups excluding carboxylic acids is 2. The van der Waals surface area contributed by atoms with Gasteiger partial charge in [-0.1, -0.05) is 23.9 Å². The fourth-order valence-electron chi connectivity index (χ4n) is 3.73. The highest BCUT2D eigenvalue weighted by molar-refractivity contribution is 8.00. The molecular formula is C24H25N5O4S. The van der Waals surface area contributed by atoms with E-state index in [1.165, 1.54) is 18.7 Å². The van der Waals surface area contributed by atoms with Crippen molar-refractivity contribution >= 4 is 29.3 Å². The summed E-state index contributed by atoms with van der Waals surface area (Å²) in [4.78, 5) is 24.3. The number of benzene rings is 2. The highest BCUT2D eigenvalue weighted by Gasteiger charge is 2.32. The second-order valence-corrected chi connectivity index (χ2v) is 9.66. The first kappa shape index (κ1) is 22.3. The molecule has 0 spiro atoms. The van der Waals surface area contributed by atoms with Gasteiger partial charge in [0.25, 0.3) is 0 Å². The Labute approximate surface area is 201 Å². The van der Waals surface area contributed by atoms with Gasteiger partial charge in [-0.05, 0) is 55.7 Å². The van der Waals surface area contributed by atoms with Crippen LogP contribution in [0.5, 0.6) is 11.5 Å². The number of anilines is 1. The summed E-state index contributed by atoms with van der Waals surface area (Å²) in [7, 11) is 0. The first-order chi connectivity index (χ1) is 16.5. The standard InChI is InChI=1S/C24H25N5O4S/c1-14(23(31)25-12-16-6-9-20-21(10-16)33-13-32-20)34-24-28-27-22(17-7-8-17)29(24)19-5-3-4-18(11-19)26-15(2)30/h3-6,9-11,14,17H,7-8,12-13H2,1-2H3,(H,25,31)(H,26,30). The summed E-state index contributed by atoms with van der Waals surface area (Å²) in [5.74, 6) is 2.42. The molecule has 34 heavy (non-hydrogen) atoms. The van der Waals surface area contributed by atoms with E-state index in [1.807, 2.05) is 54.0 Å². The van der Waals surface area contributed by atoms with E-state index in [1.54, 1.807) is 0 Å². The van der Waals surface area contributed by atoms with E-state index < -0.39 is 0 Å². The Bertz CT molecular complexity index is 1240. The van der Waals surface area contributed by atoms with E-state index in [4.69, 9.17) is 9.47 Å². The van der Waals surface area contributed by atoms with Crippen LogP contribution in [-0.4, -0.2) is 38.6 Å². The smallest absolute Gasteiger partial charge is 0.233 e. The Morgan fingerprint density at radius 3 is 2.76 bits per heavy atom. The van der Waals surface area contributed by atoms with Crippen molar-refractivity contribution in [1.82, 2.24) is 20.1 Å². The fourth-order valence-corrected chi connectivity index (χ4v) is 4.63. The van der Waals surface area contributed by atoms with Crippen LogP contribution >= 0.6 is 11.8 Å². The van der Waals surface area contributed by atoms with Crippen molar-refractivity contribution < 1.29 is 19.1 Å². The number of nitrogens with one attached hydrogen (secondary N) is 2. The first-order valence-electron chi connectivity index (χ1n) is 11.1. The molecule has 1 aromatic heterocycles. The number of ether oxygens (including phenoxy) is 2. The van der Waals surface area contributed by atoms with Crippen LogP contribution in [0.1, 0.15) is 44.0 Å². The van der Waals surface area contributed by atoms with Crippen LogP contribution in [0, 0.1) is 0 Å². The molecule has 1 fully saturated rings.